The number of hydrogen-bond donors (Lipinski definition) is 1. The molecule has 160 valence electrons. The highest BCUT2D eigenvalue weighted by Crippen LogP contribution is 2.38. The lowest BCUT2D eigenvalue weighted by atomic mass is 10.1. The fourth-order valence-corrected chi connectivity index (χ4v) is 7.01. The lowest BCUT2D eigenvalue weighted by molar-refractivity contribution is -0.136. The van der Waals surface area contributed by atoms with Crippen molar-refractivity contribution in [3.8, 4) is 0 Å². The third-order valence-corrected chi connectivity index (χ3v) is 8.52. The van der Waals surface area contributed by atoms with Crippen molar-refractivity contribution in [2.45, 2.75) is 34.9 Å². The molecule has 2 unspecified atom stereocenters. The average Bonchev–Trinajstić information content (AvgIpc) is 3.14. The van der Waals surface area contributed by atoms with Crippen LogP contribution in [-0.2, 0) is 28.1 Å². The van der Waals surface area contributed by atoms with Gasteiger partial charge < -0.3 is 0 Å². The third kappa shape index (κ3) is 4.37. The molecule has 10 heteroatoms. The number of fused-ring (bicyclic) bond motifs is 1. The molecule has 1 fully saturated rings. The summed E-state index contributed by atoms with van der Waals surface area (Å²) >= 11 is 1.80. The first kappa shape index (κ1) is 21.6. The zero-order chi connectivity index (χ0) is 21.3. The number of hydrogen-bond acceptors (Lipinski definition) is 3. The third-order valence-electron chi connectivity index (χ3n) is 4.88. The first-order valence-electron chi connectivity index (χ1n) is 9.30. The van der Waals surface area contributed by atoms with Crippen LogP contribution in [-0.4, -0.2) is 29.9 Å². The second-order valence-corrected chi connectivity index (χ2v) is 10.7. The summed E-state index contributed by atoms with van der Waals surface area (Å²) in [6, 6.07) is 12.2. The van der Waals surface area contributed by atoms with Crippen LogP contribution >= 0.6 is 11.8 Å². The van der Waals surface area contributed by atoms with Crippen LogP contribution in [0.15, 0.2) is 64.5 Å². The Morgan fingerprint density at radius 1 is 1.00 bits per heavy atom. The predicted octanol–water partition coefficient (Wildman–Crippen LogP) is 4.74. The van der Waals surface area contributed by atoms with Gasteiger partial charge in [0.1, 0.15) is 11.0 Å². The van der Waals surface area contributed by atoms with Crippen LogP contribution in [0.3, 0.4) is 0 Å². The minimum absolute atomic E-state index is 0.000401. The van der Waals surface area contributed by atoms with Gasteiger partial charge in [-0.05, 0) is 48.6 Å². The van der Waals surface area contributed by atoms with Gasteiger partial charge in [-0.1, -0.05) is 24.3 Å². The summed E-state index contributed by atoms with van der Waals surface area (Å²) in [6.45, 7) is 0. The highest BCUT2D eigenvalue weighted by Gasteiger charge is 2.35. The number of nitrogens with one attached hydrogen (secondary N) is 1. The maximum absolute atomic E-state index is 13.7. The summed E-state index contributed by atoms with van der Waals surface area (Å²) in [5, 5.41) is -0.176. The molecule has 0 aliphatic carbocycles. The summed E-state index contributed by atoms with van der Waals surface area (Å²) in [5.41, 5.74) is -0.746. The van der Waals surface area contributed by atoms with Crippen LogP contribution in [0, 0.1) is 0 Å². The van der Waals surface area contributed by atoms with E-state index in [0.717, 1.165) is 30.4 Å². The van der Waals surface area contributed by atoms with Gasteiger partial charge in [0.05, 0.1) is 20.9 Å². The topological polar surface area (TPSA) is 51.1 Å². The van der Waals surface area contributed by atoms with Crippen molar-refractivity contribution in [3.63, 3.8) is 0 Å². The lowest BCUT2D eigenvalue weighted by Gasteiger charge is -2.21. The van der Waals surface area contributed by atoms with Gasteiger partial charge in [-0.25, -0.2) is 13.1 Å². The van der Waals surface area contributed by atoms with Crippen molar-refractivity contribution in [2.24, 2.45) is 0 Å². The maximum atomic E-state index is 13.7. The van der Waals surface area contributed by atoms with Crippen molar-refractivity contribution in [1.29, 1.82) is 0 Å². The minimum Gasteiger partial charge on any atom is -0.261 e. The van der Waals surface area contributed by atoms with Gasteiger partial charge in [-0.3, -0.25) is 3.97 Å². The van der Waals surface area contributed by atoms with Crippen LogP contribution in [0.4, 0.5) is 13.2 Å². The van der Waals surface area contributed by atoms with Crippen LogP contribution in [0.2, 0.25) is 0 Å². The van der Waals surface area contributed by atoms with Gasteiger partial charge in [0.15, 0.2) is 11.0 Å². The van der Waals surface area contributed by atoms with Gasteiger partial charge >= 0.3 is 6.18 Å². The van der Waals surface area contributed by atoms with Crippen molar-refractivity contribution in [2.75, 3.05) is 11.5 Å². The van der Waals surface area contributed by atoms with E-state index in [9.17, 15) is 21.6 Å². The second kappa shape index (κ2) is 8.86. The monoisotopic (exact) mass is 472 g/mol. The van der Waals surface area contributed by atoms with E-state index in [1.807, 2.05) is 0 Å². The Bertz CT molecular complexity index is 1090. The number of alkyl halides is 3. The fraction of sp³-hybridized carbons (Fsp3) is 0.300. The summed E-state index contributed by atoms with van der Waals surface area (Å²) in [5.74, 6) is 1.84. The first-order chi connectivity index (χ1) is 14.4. The van der Waals surface area contributed by atoms with E-state index in [1.165, 1.54) is 22.3 Å². The van der Waals surface area contributed by atoms with Gasteiger partial charge in [-0.2, -0.15) is 24.9 Å². The Hall–Kier alpha value is -1.62. The molecule has 2 atom stereocenters. The number of nitrogens with zero attached hydrogens (tertiary/aromatic N) is 1. The molecular formula is C20H19F3N2O2S3. The molecule has 0 saturated carbocycles. The SMILES string of the molecule is O=S(NC1CCSCC1)c1cn(S(=O)c2ccccc2)c2cccc(C(F)(F)F)c12. The van der Waals surface area contributed by atoms with Crippen molar-refractivity contribution in [1.82, 2.24) is 8.69 Å². The predicted molar refractivity (Wildman–Crippen MR) is 115 cm³/mol. The molecule has 0 bridgehead atoms. The van der Waals surface area contributed by atoms with E-state index in [1.54, 1.807) is 42.1 Å². The van der Waals surface area contributed by atoms with Gasteiger partial charge in [0.25, 0.3) is 0 Å². The molecule has 0 spiro atoms. The summed E-state index contributed by atoms with van der Waals surface area (Å²) in [4.78, 5) is 0.446. The van der Waals surface area contributed by atoms with Crippen LogP contribution in [0.25, 0.3) is 10.9 Å². The van der Waals surface area contributed by atoms with E-state index in [4.69, 9.17) is 0 Å². The number of halogens is 3. The molecule has 0 amide bonds. The van der Waals surface area contributed by atoms with Crippen molar-refractivity contribution < 1.29 is 21.6 Å². The zero-order valence-electron chi connectivity index (χ0n) is 15.7. The molecule has 30 heavy (non-hydrogen) atoms. The van der Waals surface area contributed by atoms with Gasteiger partial charge in [0.2, 0.25) is 0 Å². The molecule has 4 rings (SSSR count). The average molecular weight is 473 g/mol. The smallest absolute Gasteiger partial charge is 0.261 e. The fourth-order valence-electron chi connectivity index (χ4n) is 3.42. The molecule has 2 heterocycles. The molecule has 3 aromatic rings. The Kier molecular flexibility index (Phi) is 6.38. The Morgan fingerprint density at radius 3 is 2.37 bits per heavy atom. The normalized spacial score (nSPS) is 17.8. The maximum Gasteiger partial charge on any atom is 0.417 e. The van der Waals surface area contributed by atoms with E-state index in [-0.39, 0.29) is 21.8 Å². The van der Waals surface area contributed by atoms with E-state index >= 15 is 0 Å². The molecule has 1 aliphatic rings. The number of aromatic nitrogens is 1. The second-order valence-electron chi connectivity index (χ2n) is 6.85. The molecule has 1 saturated heterocycles. The highest BCUT2D eigenvalue weighted by molar-refractivity contribution is 7.99. The quantitative estimate of drug-likeness (QED) is 0.584. The standard InChI is InChI=1S/C20H19F3N2O2S3/c21-20(22,23)16-7-4-8-17-19(16)18(29(26)24-14-9-11-28-12-10-14)13-25(17)30(27)15-5-2-1-3-6-15/h1-8,13-14,24H,9-12H2. The zero-order valence-corrected chi connectivity index (χ0v) is 18.2. The van der Waals surface area contributed by atoms with E-state index in [0.29, 0.717) is 4.90 Å². The lowest BCUT2D eigenvalue weighted by Crippen LogP contribution is -2.34. The van der Waals surface area contributed by atoms with Crippen LogP contribution < -0.4 is 4.72 Å². The summed E-state index contributed by atoms with van der Waals surface area (Å²) in [6.07, 6.45) is -1.70. The number of thioether (sulfide) groups is 1. The molecule has 1 N–H and O–H groups in total. The molecule has 1 aliphatic heterocycles. The van der Waals surface area contributed by atoms with E-state index < -0.39 is 33.7 Å². The van der Waals surface area contributed by atoms with E-state index in [2.05, 4.69) is 4.72 Å². The molecule has 1 aromatic heterocycles. The first-order valence-corrected chi connectivity index (χ1v) is 12.7. The molecule has 4 nitrogen and oxygen atoms in total. The largest absolute Gasteiger partial charge is 0.417 e. The van der Waals surface area contributed by atoms with Crippen molar-refractivity contribution >= 4 is 44.6 Å². The van der Waals surface area contributed by atoms with Crippen molar-refractivity contribution in [3.05, 3.63) is 60.3 Å². The Morgan fingerprint density at radius 2 is 1.70 bits per heavy atom. The van der Waals surface area contributed by atoms with Gasteiger partial charge in [-0.15, -0.1) is 0 Å². The molecule has 2 aromatic carbocycles. The molecular weight excluding hydrogens is 453 g/mol. The molecule has 0 radical (unpaired) electrons. The number of rotatable bonds is 5. The Labute approximate surface area is 181 Å². The Balaban J connectivity index is 1.84. The van der Waals surface area contributed by atoms with Crippen LogP contribution in [0.1, 0.15) is 18.4 Å². The summed E-state index contributed by atoms with van der Waals surface area (Å²) < 4.78 is 71.7. The van der Waals surface area contributed by atoms with Gasteiger partial charge in [0, 0.05) is 17.6 Å². The van der Waals surface area contributed by atoms with Crippen LogP contribution in [0.5, 0.6) is 0 Å². The number of benzene rings is 2. The summed E-state index contributed by atoms with van der Waals surface area (Å²) in [7, 11) is -3.64. The highest BCUT2D eigenvalue weighted by atomic mass is 32.2. The minimum atomic E-state index is -4.62.